The van der Waals surface area contributed by atoms with E-state index in [1.54, 1.807) is 0 Å². The van der Waals surface area contributed by atoms with Crippen LogP contribution in [-0.2, 0) is 17.8 Å². The van der Waals surface area contributed by atoms with Crippen molar-refractivity contribution in [1.82, 2.24) is 4.90 Å². The summed E-state index contributed by atoms with van der Waals surface area (Å²) in [6.45, 7) is 5.47. The zero-order chi connectivity index (χ0) is 22.8. The van der Waals surface area contributed by atoms with Gasteiger partial charge in [-0.1, -0.05) is 109 Å². The molecule has 0 aromatic heterocycles. The van der Waals surface area contributed by atoms with Crippen molar-refractivity contribution in [3.63, 3.8) is 0 Å². The van der Waals surface area contributed by atoms with Crippen LogP contribution in [0.15, 0.2) is 103 Å². The van der Waals surface area contributed by atoms with Crippen LogP contribution in [0.1, 0.15) is 33.5 Å². The molecule has 33 heavy (non-hydrogen) atoms. The lowest BCUT2D eigenvalue weighted by Gasteiger charge is -2.44. The average Bonchev–Trinajstić information content (AvgIpc) is 3.15. The Morgan fingerprint density at radius 2 is 1.61 bits per heavy atom. The quantitative estimate of drug-likeness (QED) is 0.381. The Hall–Kier alpha value is -3.72. The minimum atomic E-state index is -1.12. The summed E-state index contributed by atoms with van der Waals surface area (Å²) >= 11 is 0. The summed E-state index contributed by atoms with van der Waals surface area (Å²) in [5.41, 5.74) is 3.51. The lowest BCUT2D eigenvalue weighted by atomic mass is 9.64. The number of rotatable bonds is 5. The number of carbonyl (C=O) groups excluding carboxylic acids is 2. The van der Waals surface area contributed by atoms with Crippen LogP contribution in [0.25, 0.3) is 6.08 Å². The number of hydrogen-bond donors (Lipinski definition) is 0. The molecule has 0 bridgehead atoms. The Morgan fingerprint density at radius 3 is 2.33 bits per heavy atom. The van der Waals surface area contributed by atoms with E-state index < -0.39 is 5.41 Å². The van der Waals surface area contributed by atoms with Gasteiger partial charge in [0.15, 0.2) is 5.78 Å². The molecule has 0 N–H and O–H groups in total. The maximum absolute atomic E-state index is 14.1. The van der Waals surface area contributed by atoms with Gasteiger partial charge in [-0.25, -0.2) is 0 Å². The van der Waals surface area contributed by atoms with E-state index in [1.807, 2.05) is 102 Å². The monoisotopic (exact) mass is 433 g/mol. The highest BCUT2D eigenvalue weighted by Gasteiger charge is 2.59. The van der Waals surface area contributed by atoms with Crippen molar-refractivity contribution < 1.29 is 9.59 Å². The maximum atomic E-state index is 14.1. The van der Waals surface area contributed by atoms with Gasteiger partial charge in [0.05, 0.1) is 0 Å². The highest BCUT2D eigenvalue weighted by molar-refractivity contribution is 6.18. The van der Waals surface area contributed by atoms with Crippen molar-refractivity contribution in [3.05, 3.63) is 125 Å². The first-order valence-electron chi connectivity index (χ1n) is 11.5. The van der Waals surface area contributed by atoms with E-state index in [4.69, 9.17) is 0 Å². The van der Waals surface area contributed by atoms with E-state index in [1.165, 1.54) is 0 Å². The zero-order valence-electron chi connectivity index (χ0n) is 18.6. The van der Waals surface area contributed by atoms with Gasteiger partial charge in [0, 0.05) is 24.6 Å². The van der Waals surface area contributed by atoms with Gasteiger partial charge in [-0.2, -0.15) is 0 Å². The predicted octanol–water partition coefficient (Wildman–Crippen LogP) is 5.73. The Balaban J connectivity index is 1.50. The minimum Gasteiger partial charge on any atom is -0.337 e. The van der Waals surface area contributed by atoms with Gasteiger partial charge in [-0.05, 0) is 29.5 Å². The fraction of sp³-hybridized carbons (Fsp3) is 0.200. The molecule has 1 spiro atoms. The molecule has 1 fully saturated rings. The second-order valence-electron chi connectivity index (χ2n) is 9.01. The number of ketones is 1. The summed E-state index contributed by atoms with van der Waals surface area (Å²) in [4.78, 5) is 29.8. The van der Waals surface area contributed by atoms with E-state index in [9.17, 15) is 9.59 Å². The molecule has 3 heteroatoms. The first kappa shape index (κ1) is 21.1. The third kappa shape index (κ3) is 3.74. The second kappa shape index (κ2) is 8.67. The Labute approximate surface area is 195 Å². The molecular formula is C30H27NO2. The van der Waals surface area contributed by atoms with Crippen LogP contribution in [-0.4, -0.2) is 23.1 Å². The van der Waals surface area contributed by atoms with Gasteiger partial charge in [0.2, 0.25) is 5.91 Å². The summed E-state index contributed by atoms with van der Waals surface area (Å²) < 4.78 is 0. The minimum absolute atomic E-state index is 0.0554. The molecule has 1 amide bonds. The van der Waals surface area contributed by atoms with Gasteiger partial charge in [-0.15, -0.1) is 0 Å². The largest absolute Gasteiger partial charge is 0.337 e. The maximum Gasteiger partial charge on any atom is 0.237 e. The summed E-state index contributed by atoms with van der Waals surface area (Å²) in [6.07, 6.45) is 5.16. The number of Topliss-reactive ketones (excluding diaryl/α,β-unsaturated/α-hetero) is 1. The molecule has 3 nitrogen and oxygen atoms in total. The summed E-state index contributed by atoms with van der Waals surface area (Å²) in [7, 11) is 0. The van der Waals surface area contributed by atoms with Crippen molar-refractivity contribution in [1.29, 1.82) is 0 Å². The van der Waals surface area contributed by atoms with E-state index >= 15 is 0 Å². The summed E-state index contributed by atoms with van der Waals surface area (Å²) in [6, 6.07) is 27.7. The molecule has 1 aliphatic heterocycles. The average molecular weight is 434 g/mol. The second-order valence-corrected chi connectivity index (χ2v) is 9.01. The molecule has 5 rings (SSSR count). The van der Waals surface area contributed by atoms with Crippen molar-refractivity contribution in [2.24, 2.45) is 11.3 Å². The lowest BCUT2D eigenvalue weighted by molar-refractivity contribution is -0.146. The van der Waals surface area contributed by atoms with Crippen molar-refractivity contribution in [3.8, 4) is 0 Å². The number of amides is 1. The fourth-order valence-corrected chi connectivity index (χ4v) is 5.38. The first-order chi connectivity index (χ1) is 16.1. The highest BCUT2D eigenvalue weighted by Crippen LogP contribution is 2.50. The molecule has 2 atom stereocenters. The number of benzene rings is 3. The standard InChI is InChI=1S/C30H27NO2/c1-22(16-17-23-10-4-2-5-11-23)27-18-19-31(21-24-12-6-3-7-13-24)29(33)30(27)20-25-14-8-9-15-26(25)28(30)32/h2-17,27H,1,18-21H2/b17-16-/t27-,30+/m0/s1. The number of carbonyl (C=O) groups is 2. The van der Waals surface area contributed by atoms with E-state index in [0.717, 1.165) is 28.7 Å². The normalized spacial score (nSPS) is 22.2. The molecule has 0 saturated carbocycles. The molecule has 3 aromatic carbocycles. The topological polar surface area (TPSA) is 37.4 Å². The summed E-state index contributed by atoms with van der Waals surface area (Å²) in [5.74, 6) is -0.352. The number of piperidine rings is 1. The van der Waals surface area contributed by atoms with Crippen LogP contribution in [0.5, 0.6) is 0 Å². The molecule has 1 saturated heterocycles. The highest BCUT2D eigenvalue weighted by atomic mass is 16.2. The molecule has 164 valence electrons. The molecule has 2 aliphatic rings. The van der Waals surface area contributed by atoms with Gasteiger partial charge in [0.25, 0.3) is 0 Å². The van der Waals surface area contributed by atoms with Gasteiger partial charge >= 0.3 is 0 Å². The molecule has 0 radical (unpaired) electrons. The lowest BCUT2D eigenvalue weighted by Crippen LogP contribution is -2.56. The Morgan fingerprint density at radius 1 is 0.939 bits per heavy atom. The predicted molar refractivity (Wildman–Crippen MR) is 131 cm³/mol. The number of fused-ring (bicyclic) bond motifs is 1. The molecule has 0 unspecified atom stereocenters. The van der Waals surface area contributed by atoms with Crippen LogP contribution >= 0.6 is 0 Å². The molecule has 1 aliphatic carbocycles. The number of likely N-dealkylation sites (tertiary alicyclic amines) is 1. The van der Waals surface area contributed by atoms with Crippen molar-refractivity contribution in [2.75, 3.05) is 6.54 Å². The number of nitrogens with zero attached hydrogens (tertiary/aromatic N) is 1. The zero-order valence-corrected chi connectivity index (χ0v) is 18.6. The smallest absolute Gasteiger partial charge is 0.237 e. The van der Waals surface area contributed by atoms with Crippen molar-refractivity contribution >= 4 is 17.8 Å². The molecule has 3 aromatic rings. The van der Waals surface area contributed by atoms with Crippen LogP contribution in [0, 0.1) is 11.3 Å². The summed E-state index contributed by atoms with van der Waals surface area (Å²) in [5, 5.41) is 0. The van der Waals surface area contributed by atoms with Crippen LogP contribution in [0.2, 0.25) is 0 Å². The van der Waals surface area contributed by atoms with Crippen LogP contribution in [0.3, 0.4) is 0 Å². The fourth-order valence-electron chi connectivity index (χ4n) is 5.38. The van der Waals surface area contributed by atoms with Crippen LogP contribution in [0.4, 0.5) is 0 Å². The van der Waals surface area contributed by atoms with E-state index in [2.05, 4.69) is 6.58 Å². The van der Waals surface area contributed by atoms with Gasteiger partial charge in [-0.3, -0.25) is 9.59 Å². The van der Waals surface area contributed by atoms with Crippen LogP contribution < -0.4 is 0 Å². The van der Waals surface area contributed by atoms with Crippen molar-refractivity contribution in [2.45, 2.75) is 19.4 Å². The van der Waals surface area contributed by atoms with Gasteiger partial charge < -0.3 is 4.90 Å². The molecular weight excluding hydrogens is 406 g/mol. The van der Waals surface area contributed by atoms with Gasteiger partial charge in [0.1, 0.15) is 5.41 Å². The van der Waals surface area contributed by atoms with E-state index in [-0.39, 0.29) is 17.6 Å². The third-order valence-corrected chi connectivity index (χ3v) is 7.04. The SMILES string of the molecule is C=C(/C=C\c1ccccc1)[C@@H]1CCN(Cc2ccccc2)C(=O)[C@]12Cc1ccccc1C2=O. The Kier molecular flexibility index (Phi) is 5.55. The number of allylic oxidation sites excluding steroid dienone is 2. The Bertz CT molecular complexity index is 1230. The first-order valence-corrected chi connectivity index (χ1v) is 11.5. The van der Waals surface area contributed by atoms with E-state index in [0.29, 0.717) is 25.1 Å². The number of hydrogen-bond acceptors (Lipinski definition) is 2. The third-order valence-electron chi connectivity index (χ3n) is 7.04. The molecule has 1 heterocycles.